The number of nitrogens with zero attached hydrogens (tertiary/aromatic N) is 4. The molecule has 0 radical (unpaired) electrons. The Morgan fingerprint density at radius 1 is 1.27 bits per heavy atom. The largest absolute Gasteiger partial charge is 0.484 e. The van der Waals surface area contributed by atoms with Crippen LogP contribution in [0.3, 0.4) is 0 Å². The Labute approximate surface area is 153 Å². The van der Waals surface area contributed by atoms with Crippen LogP contribution in [0.4, 0.5) is 5.82 Å². The van der Waals surface area contributed by atoms with Gasteiger partial charge < -0.3 is 19.3 Å². The van der Waals surface area contributed by atoms with E-state index in [1.807, 2.05) is 50.2 Å². The van der Waals surface area contributed by atoms with Crippen molar-refractivity contribution in [3.05, 3.63) is 42.2 Å². The second-order valence-electron chi connectivity index (χ2n) is 6.58. The third kappa shape index (κ3) is 4.62. The number of benzene rings is 1. The lowest BCUT2D eigenvalue weighted by Crippen LogP contribution is -2.34. The number of aryl methyl sites for hydroxylation is 1. The maximum atomic E-state index is 12.3. The summed E-state index contributed by atoms with van der Waals surface area (Å²) in [6, 6.07) is 7.66. The van der Waals surface area contributed by atoms with Crippen LogP contribution in [0.1, 0.15) is 12.0 Å². The number of aromatic nitrogens is 2. The van der Waals surface area contributed by atoms with Crippen molar-refractivity contribution in [1.82, 2.24) is 14.9 Å². The van der Waals surface area contributed by atoms with Gasteiger partial charge in [0.25, 0.3) is 5.91 Å². The van der Waals surface area contributed by atoms with Gasteiger partial charge in [-0.3, -0.25) is 9.78 Å². The van der Waals surface area contributed by atoms with Gasteiger partial charge in [0.05, 0.1) is 18.9 Å². The molecule has 0 spiro atoms. The molecule has 2 heterocycles. The van der Waals surface area contributed by atoms with Crippen LogP contribution in [0, 0.1) is 6.92 Å². The zero-order valence-electron chi connectivity index (χ0n) is 15.4. The Kier molecular flexibility index (Phi) is 5.55. The Hall–Kier alpha value is -2.83. The Morgan fingerprint density at radius 2 is 2.04 bits per heavy atom. The van der Waals surface area contributed by atoms with Crippen LogP contribution in [0.2, 0.25) is 0 Å². The molecule has 1 fully saturated rings. The molecular weight excluding hydrogens is 332 g/mol. The number of hydrogen-bond acceptors (Lipinski definition) is 6. The summed E-state index contributed by atoms with van der Waals surface area (Å²) in [7, 11) is 3.80. The van der Waals surface area contributed by atoms with E-state index in [4.69, 9.17) is 9.47 Å². The first-order chi connectivity index (χ1) is 12.5. The summed E-state index contributed by atoms with van der Waals surface area (Å²) >= 11 is 0. The Bertz CT molecular complexity index is 749. The summed E-state index contributed by atoms with van der Waals surface area (Å²) in [4.78, 5) is 24.5. The van der Waals surface area contributed by atoms with Gasteiger partial charge in [0, 0.05) is 27.1 Å². The van der Waals surface area contributed by atoms with E-state index in [0.29, 0.717) is 24.7 Å². The lowest BCUT2D eigenvalue weighted by atomic mass is 10.2. The van der Waals surface area contributed by atoms with Crippen LogP contribution in [0.15, 0.2) is 36.7 Å². The van der Waals surface area contributed by atoms with Gasteiger partial charge >= 0.3 is 0 Å². The highest BCUT2D eigenvalue weighted by Crippen LogP contribution is 2.18. The van der Waals surface area contributed by atoms with Gasteiger partial charge in [0.2, 0.25) is 5.88 Å². The average molecular weight is 356 g/mol. The zero-order valence-corrected chi connectivity index (χ0v) is 15.4. The number of carbonyl (C=O) groups is 1. The number of hydrogen-bond donors (Lipinski definition) is 0. The fourth-order valence-electron chi connectivity index (χ4n) is 2.70. The molecular formula is C19H24N4O3. The minimum atomic E-state index is -0.0787. The second-order valence-corrected chi connectivity index (χ2v) is 6.58. The quantitative estimate of drug-likeness (QED) is 0.788. The van der Waals surface area contributed by atoms with Crippen molar-refractivity contribution in [3.63, 3.8) is 0 Å². The summed E-state index contributed by atoms with van der Waals surface area (Å²) < 4.78 is 11.5. The van der Waals surface area contributed by atoms with Crippen LogP contribution in [-0.4, -0.2) is 60.7 Å². The van der Waals surface area contributed by atoms with Gasteiger partial charge in [0.1, 0.15) is 11.9 Å². The predicted octanol–water partition coefficient (Wildman–Crippen LogP) is 1.91. The number of anilines is 1. The van der Waals surface area contributed by atoms with Crippen molar-refractivity contribution in [2.75, 3.05) is 38.7 Å². The number of amides is 1. The van der Waals surface area contributed by atoms with Crippen molar-refractivity contribution < 1.29 is 14.3 Å². The molecule has 7 nitrogen and oxygen atoms in total. The molecule has 26 heavy (non-hydrogen) atoms. The lowest BCUT2D eigenvalue weighted by Gasteiger charge is -2.18. The monoisotopic (exact) mass is 356 g/mol. The van der Waals surface area contributed by atoms with E-state index in [1.165, 1.54) is 0 Å². The first-order valence-corrected chi connectivity index (χ1v) is 8.64. The number of ether oxygens (including phenoxy) is 2. The van der Waals surface area contributed by atoms with E-state index in [-0.39, 0.29) is 18.6 Å². The number of rotatable bonds is 6. The fourth-order valence-corrected chi connectivity index (χ4v) is 2.70. The maximum absolute atomic E-state index is 12.3. The molecule has 2 aromatic rings. The van der Waals surface area contributed by atoms with Crippen molar-refractivity contribution in [1.29, 1.82) is 0 Å². The highest BCUT2D eigenvalue weighted by molar-refractivity contribution is 5.78. The highest BCUT2D eigenvalue weighted by atomic mass is 16.5. The second kappa shape index (κ2) is 8.03. The standard InChI is InChI=1S/C19H24N4O3/c1-14-4-6-15(7-5-14)25-13-19(24)23-9-8-16(12-23)26-18-11-20-10-17(21-18)22(2)3/h4-7,10-11,16H,8-9,12-13H2,1-3H3. The fraction of sp³-hybridized carbons (Fsp3) is 0.421. The molecule has 0 bridgehead atoms. The molecule has 0 saturated carbocycles. The van der Waals surface area contributed by atoms with E-state index in [2.05, 4.69) is 9.97 Å². The van der Waals surface area contributed by atoms with Crippen molar-refractivity contribution >= 4 is 11.7 Å². The molecule has 1 aromatic carbocycles. The first-order valence-electron chi connectivity index (χ1n) is 8.64. The third-order valence-corrected chi connectivity index (χ3v) is 4.23. The van der Waals surface area contributed by atoms with Crippen molar-refractivity contribution in [3.8, 4) is 11.6 Å². The van der Waals surface area contributed by atoms with Crippen LogP contribution < -0.4 is 14.4 Å². The molecule has 1 atom stereocenters. The van der Waals surface area contributed by atoms with Gasteiger partial charge in [0.15, 0.2) is 12.4 Å². The first kappa shape index (κ1) is 18.0. The van der Waals surface area contributed by atoms with Gasteiger partial charge in [-0.15, -0.1) is 0 Å². The lowest BCUT2D eigenvalue weighted by molar-refractivity contribution is -0.132. The molecule has 1 aromatic heterocycles. The summed E-state index contributed by atoms with van der Waals surface area (Å²) in [5.41, 5.74) is 1.16. The van der Waals surface area contributed by atoms with Crippen molar-refractivity contribution in [2.24, 2.45) is 0 Å². The topological polar surface area (TPSA) is 67.8 Å². The average Bonchev–Trinajstić information content (AvgIpc) is 3.10. The molecule has 3 rings (SSSR count). The molecule has 1 amide bonds. The van der Waals surface area contributed by atoms with Gasteiger partial charge in [-0.05, 0) is 19.1 Å². The Morgan fingerprint density at radius 3 is 2.77 bits per heavy atom. The molecule has 138 valence electrons. The minimum Gasteiger partial charge on any atom is -0.484 e. The van der Waals surface area contributed by atoms with E-state index in [1.54, 1.807) is 17.3 Å². The molecule has 1 aliphatic heterocycles. The predicted molar refractivity (Wildman–Crippen MR) is 98.6 cm³/mol. The zero-order chi connectivity index (χ0) is 18.5. The molecule has 7 heteroatoms. The normalized spacial score (nSPS) is 16.4. The Balaban J connectivity index is 1.49. The minimum absolute atomic E-state index is 0.0334. The molecule has 1 unspecified atom stereocenters. The van der Waals surface area contributed by atoms with E-state index >= 15 is 0 Å². The van der Waals surface area contributed by atoms with Crippen molar-refractivity contribution in [2.45, 2.75) is 19.4 Å². The van der Waals surface area contributed by atoms with Gasteiger partial charge in [-0.1, -0.05) is 17.7 Å². The summed E-state index contributed by atoms with van der Waals surface area (Å²) in [6.07, 6.45) is 3.96. The molecule has 1 saturated heterocycles. The van der Waals surface area contributed by atoms with Crippen LogP contribution in [0.25, 0.3) is 0 Å². The summed E-state index contributed by atoms with van der Waals surface area (Å²) in [5.74, 6) is 1.88. The van der Waals surface area contributed by atoms with E-state index in [9.17, 15) is 4.79 Å². The smallest absolute Gasteiger partial charge is 0.260 e. The van der Waals surface area contributed by atoms with Crippen LogP contribution in [-0.2, 0) is 4.79 Å². The number of likely N-dealkylation sites (tertiary alicyclic amines) is 1. The summed E-state index contributed by atoms with van der Waals surface area (Å²) in [6.45, 7) is 3.23. The van der Waals surface area contributed by atoms with Crippen LogP contribution >= 0.6 is 0 Å². The van der Waals surface area contributed by atoms with Crippen LogP contribution in [0.5, 0.6) is 11.6 Å². The maximum Gasteiger partial charge on any atom is 0.260 e. The van der Waals surface area contributed by atoms with E-state index in [0.717, 1.165) is 17.8 Å². The van der Waals surface area contributed by atoms with Gasteiger partial charge in [-0.25, -0.2) is 0 Å². The molecule has 1 aliphatic rings. The van der Waals surface area contributed by atoms with Gasteiger partial charge in [-0.2, -0.15) is 4.98 Å². The highest BCUT2D eigenvalue weighted by Gasteiger charge is 2.28. The summed E-state index contributed by atoms with van der Waals surface area (Å²) in [5, 5.41) is 0. The van der Waals surface area contributed by atoms with E-state index < -0.39 is 0 Å². The SMILES string of the molecule is Cc1ccc(OCC(=O)N2CCC(Oc3cncc(N(C)C)n3)C2)cc1. The number of carbonyl (C=O) groups excluding carboxylic acids is 1. The molecule has 0 N–H and O–H groups in total. The third-order valence-electron chi connectivity index (χ3n) is 4.23. The molecule has 0 aliphatic carbocycles.